The second-order valence-electron chi connectivity index (χ2n) is 9.07. The van der Waals surface area contributed by atoms with E-state index in [2.05, 4.69) is 20.3 Å². The maximum absolute atomic E-state index is 14.4. The van der Waals surface area contributed by atoms with Crippen LogP contribution in [0.5, 0.6) is 0 Å². The smallest absolute Gasteiger partial charge is 0.333 e. The van der Waals surface area contributed by atoms with Gasteiger partial charge < -0.3 is 10.4 Å². The molecule has 0 radical (unpaired) electrons. The highest BCUT2D eigenvalue weighted by Gasteiger charge is 2.22. The Bertz CT molecular complexity index is 1680. The largest absolute Gasteiger partial charge is 0.384 e. The molecular weight excluding hydrogens is 447 g/mol. The molecule has 5 aromatic rings. The molecule has 5 rings (SSSR count). The molecule has 0 aliphatic rings. The minimum atomic E-state index is -1.11. The Kier molecular flexibility index (Phi) is 5.17. The van der Waals surface area contributed by atoms with Crippen molar-refractivity contribution in [1.29, 1.82) is 0 Å². The molecular formula is C26H25FN6O2. The molecule has 0 unspecified atom stereocenters. The summed E-state index contributed by atoms with van der Waals surface area (Å²) in [6, 6.07) is 10.5. The second kappa shape index (κ2) is 7.99. The van der Waals surface area contributed by atoms with Gasteiger partial charge in [-0.1, -0.05) is 6.07 Å². The van der Waals surface area contributed by atoms with Gasteiger partial charge in [-0.3, -0.25) is 19.1 Å². The van der Waals surface area contributed by atoms with Gasteiger partial charge in [-0.15, -0.1) is 0 Å². The first-order valence-electron chi connectivity index (χ1n) is 11.1. The molecule has 0 saturated carbocycles. The fourth-order valence-electron chi connectivity index (χ4n) is 4.31. The van der Waals surface area contributed by atoms with Crippen molar-refractivity contribution in [3.63, 3.8) is 0 Å². The van der Waals surface area contributed by atoms with E-state index >= 15 is 0 Å². The second-order valence-corrected chi connectivity index (χ2v) is 9.07. The highest BCUT2D eigenvalue weighted by Crippen LogP contribution is 2.31. The Morgan fingerprint density at radius 1 is 1.06 bits per heavy atom. The molecule has 35 heavy (non-hydrogen) atoms. The quantitative estimate of drug-likeness (QED) is 0.410. The Hall–Kier alpha value is -4.11. The molecule has 8 nitrogen and oxygen atoms in total. The minimum absolute atomic E-state index is 0.174. The lowest BCUT2D eigenvalue weighted by atomic mass is 10.0. The van der Waals surface area contributed by atoms with Gasteiger partial charge in [0.2, 0.25) is 0 Å². The maximum Gasteiger partial charge on any atom is 0.333 e. The molecule has 2 N–H and O–H groups in total. The number of imidazole rings is 1. The molecule has 0 amide bonds. The van der Waals surface area contributed by atoms with E-state index in [1.54, 1.807) is 61.6 Å². The van der Waals surface area contributed by atoms with Crippen LogP contribution in [0.3, 0.4) is 0 Å². The Labute approximate surface area is 200 Å². The number of aryl methyl sites for hydroxylation is 2. The number of aromatic nitrogens is 5. The van der Waals surface area contributed by atoms with Gasteiger partial charge in [0, 0.05) is 31.2 Å². The first-order chi connectivity index (χ1) is 16.6. The number of nitrogens with zero attached hydrogens (tertiary/aromatic N) is 5. The van der Waals surface area contributed by atoms with Crippen LogP contribution in [0, 0.1) is 12.7 Å². The standard InChI is InChI=1S/C26H25FN6O2/c1-14-20(8-9-22(31-14)26(2,3)35)33-23-17-10-15(16-11-18(27)24(28-4)30-12-16)6-7-19(17)29-13-21(23)32(5)25(33)34/h6-13,35H,1-5H3,(H,28,30). The van der Waals surface area contributed by atoms with E-state index in [4.69, 9.17) is 0 Å². The van der Waals surface area contributed by atoms with Crippen LogP contribution in [0.1, 0.15) is 25.2 Å². The van der Waals surface area contributed by atoms with Crippen LogP contribution in [-0.2, 0) is 12.6 Å². The number of aliphatic hydroxyl groups is 1. The summed E-state index contributed by atoms with van der Waals surface area (Å²) in [4.78, 5) is 26.6. The fourth-order valence-corrected chi connectivity index (χ4v) is 4.31. The average Bonchev–Trinajstić information content (AvgIpc) is 3.08. The van der Waals surface area contributed by atoms with Crippen LogP contribution in [0.25, 0.3) is 38.8 Å². The van der Waals surface area contributed by atoms with E-state index in [1.807, 2.05) is 25.1 Å². The SMILES string of the molecule is CNc1ncc(-c2ccc3ncc4c(c3c2)n(-c2ccc(C(C)(C)O)nc2C)c(=O)n4C)cc1F. The van der Waals surface area contributed by atoms with E-state index in [0.29, 0.717) is 39.2 Å². The van der Waals surface area contributed by atoms with E-state index in [9.17, 15) is 14.3 Å². The fraction of sp³-hybridized carbons (Fsp3) is 0.231. The molecule has 0 fully saturated rings. The van der Waals surface area contributed by atoms with E-state index in [1.165, 1.54) is 6.07 Å². The van der Waals surface area contributed by atoms with Crippen molar-refractivity contribution in [2.24, 2.45) is 7.05 Å². The summed E-state index contributed by atoms with van der Waals surface area (Å²) in [7, 11) is 3.31. The van der Waals surface area contributed by atoms with Gasteiger partial charge >= 0.3 is 5.69 Å². The first-order valence-corrected chi connectivity index (χ1v) is 11.1. The maximum atomic E-state index is 14.4. The molecule has 0 spiro atoms. The Balaban J connectivity index is 1.80. The third-order valence-corrected chi connectivity index (χ3v) is 6.22. The van der Waals surface area contributed by atoms with Gasteiger partial charge in [-0.05, 0) is 56.7 Å². The number of hydrogen-bond acceptors (Lipinski definition) is 6. The topological polar surface area (TPSA) is 97.9 Å². The van der Waals surface area contributed by atoms with Crippen LogP contribution >= 0.6 is 0 Å². The van der Waals surface area contributed by atoms with Crippen LogP contribution in [0.4, 0.5) is 10.2 Å². The third-order valence-electron chi connectivity index (χ3n) is 6.22. The van der Waals surface area contributed by atoms with Crippen molar-refractivity contribution in [2.75, 3.05) is 12.4 Å². The number of hydrogen-bond donors (Lipinski definition) is 2. The number of halogens is 1. The molecule has 4 heterocycles. The number of anilines is 1. The lowest BCUT2D eigenvalue weighted by Gasteiger charge is -2.18. The zero-order valence-corrected chi connectivity index (χ0v) is 20.1. The van der Waals surface area contributed by atoms with Crippen LogP contribution in [0.2, 0.25) is 0 Å². The van der Waals surface area contributed by atoms with Crippen molar-refractivity contribution in [3.8, 4) is 16.8 Å². The van der Waals surface area contributed by atoms with Gasteiger partial charge in [0.15, 0.2) is 11.6 Å². The number of benzene rings is 1. The number of fused-ring (bicyclic) bond motifs is 3. The highest BCUT2D eigenvalue weighted by atomic mass is 19.1. The third kappa shape index (κ3) is 3.64. The molecule has 178 valence electrons. The number of pyridine rings is 3. The van der Waals surface area contributed by atoms with Gasteiger partial charge in [-0.25, -0.2) is 14.2 Å². The predicted molar refractivity (Wildman–Crippen MR) is 134 cm³/mol. The average molecular weight is 473 g/mol. The minimum Gasteiger partial charge on any atom is -0.384 e. The van der Waals surface area contributed by atoms with Crippen molar-refractivity contribution in [2.45, 2.75) is 26.4 Å². The van der Waals surface area contributed by atoms with Crippen molar-refractivity contribution in [3.05, 3.63) is 76.5 Å². The Morgan fingerprint density at radius 3 is 2.49 bits per heavy atom. The van der Waals surface area contributed by atoms with E-state index < -0.39 is 11.4 Å². The lowest BCUT2D eigenvalue weighted by Crippen LogP contribution is -2.23. The summed E-state index contributed by atoms with van der Waals surface area (Å²) in [6.45, 7) is 5.14. The van der Waals surface area contributed by atoms with Gasteiger partial charge in [0.25, 0.3) is 0 Å². The van der Waals surface area contributed by atoms with E-state index in [-0.39, 0.29) is 11.5 Å². The van der Waals surface area contributed by atoms with Gasteiger partial charge in [-0.2, -0.15) is 0 Å². The molecule has 0 saturated heterocycles. The number of rotatable bonds is 4. The monoisotopic (exact) mass is 472 g/mol. The summed E-state index contributed by atoms with van der Waals surface area (Å²) >= 11 is 0. The predicted octanol–water partition coefficient (Wildman–Crippen LogP) is 4.05. The summed E-state index contributed by atoms with van der Waals surface area (Å²) in [5.74, 6) is -0.278. The number of nitrogens with one attached hydrogen (secondary N) is 1. The van der Waals surface area contributed by atoms with Gasteiger partial charge in [0.05, 0.1) is 39.8 Å². The highest BCUT2D eigenvalue weighted by molar-refractivity contribution is 6.04. The van der Waals surface area contributed by atoms with Crippen molar-refractivity contribution in [1.82, 2.24) is 24.1 Å². The zero-order valence-electron chi connectivity index (χ0n) is 20.1. The molecule has 0 aliphatic heterocycles. The van der Waals surface area contributed by atoms with E-state index in [0.717, 1.165) is 10.9 Å². The van der Waals surface area contributed by atoms with Crippen LogP contribution in [0.15, 0.2) is 53.6 Å². The van der Waals surface area contributed by atoms with Crippen molar-refractivity contribution >= 4 is 27.8 Å². The summed E-state index contributed by atoms with van der Waals surface area (Å²) in [5.41, 5.74) is 3.75. The van der Waals surface area contributed by atoms with Crippen LogP contribution in [-0.4, -0.2) is 36.2 Å². The normalized spacial score (nSPS) is 12.0. The molecule has 4 aromatic heterocycles. The molecule has 9 heteroatoms. The summed E-state index contributed by atoms with van der Waals surface area (Å²) in [6.07, 6.45) is 3.28. The van der Waals surface area contributed by atoms with Crippen LogP contribution < -0.4 is 11.0 Å². The summed E-state index contributed by atoms with van der Waals surface area (Å²) in [5, 5.41) is 13.8. The molecule has 0 bridgehead atoms. The molecule has 0 aliphatic carbocycles. The van der Waals surface area contributed by atoms with Gasteiger partial charge in [0.1, 0.15) is 5.60 Å². The first kappa shape index (κ1) is 22.7. The molecule has 1 aromatic carbocycles. The molecule has 0 atom stereocenters. The lowest BCUT2D eigenvalue weighted by molar-refractivity contribution is 0.0737. The van der Waals surface area contributed by atoms with Crippen molar-refractivity contribution < 1.29 is 9.50 Å². The Morgan fingerprint density at radius 2 is 1.83 bits per heavy atom. The zero-order chi connectivity index (χ0) is 25.1. The summed E-state index contributed by atoms with van der Waals surface area (Å²) < 4.78 is 17.6.